The van der Waals surface area contributed by atoms with Crippen LogP contribution in [0.5, 0.6) is 11.5 Å². The maximum atomic E-state index is 5.83. The van der Waals surface area contributed by atoms with Gasteiger partial charge in [0, 0.05) is 17.7 Å². The van der Waals surface area contributed by atoms with Gasteiger partial charge in [-0.25, -0.2) is 0 Å². The molecule has 3 rings (SSSR count). The molecule has 0 saturated carbocycles. The zero-order valence-corrected chi connectivity index (χ0v) is 14.1. The third-order valence-corrected chi connectivity index (χ3v) is 4.17. The van der Waals surface area contributed by atoms with E-state index in [4.69, 9.17) is 27.4 Å². The van der Waals surface area contributed by atoms with Crippen LogP contribution in [-0.4, -0.2) is 35.7 Å². The van der Waals surface area contributed by atoms with Gasteiger partial charge in [0.2, 0.25) is 0 Å². The zero-order chi connectivity index (χ0) is 16.4. The van der Waals surface area contributed by atoms with Gasteiger partial charge in [-0.1, -0.05) is 0 Å². The van der Waals surface area contributed by atoms with E-state index >= 15 is 0 Å². The molecule has 0 atom stereocenters. The van der Waals surface area contributed by atoms with Gasteiger partial charge in [-0.05, 0) is 49.7 Å². The smallest absolute Gasteiger partial charge is 0.193 e. The number of methoxy groups -OCH3 is 2. The van der Waals surface area contributed by atoms with E-state index < -0.39 is 0 Å². The Morgan fingerprint density at radius 1 is 1.26 bits per heavy atom. The molecule has 0 aliphatic carbocycles. The molecule has 6 nitrogen and oxygen atoms in total. The number of aromatic nitrogens is 2. The van der Waals surface area contributed by atoms with Gasteiger partial charge in [0.25, 0.3) is 0 Å². The van der Waals surface area contributed by atoms with Crippen molar-refractivity contribution < 1.29 is 9.47 Å². The lowest BCUT2D eigenvalue weighted by Gasteiger charge is -2.09. The normalized spacial score (nSPS) is 13.7. The number of nitrogens with two attached hydrogens (primary N) is 1. The molecule has 0 unspecified atom stereocenters. The number of fused-ring (bicyclic) bond motifs is 1. The second kappa shape index (κ2) is 6.45. The fourth-order valence-electron chi connectivity index (χ4n) is 2.88. The lowest BCUT2D eigenvalue weighted by Crippen LogP contribution is -2.22. The minimum Gasteiger partial charge on any atom is -0.493 e. The van der Waals surface area contributed by atoms with Crippen LogP contribution in [0.4, 0.5) is 5.82 Å². The summed E-state index contributed by atoms with van der Waals surface area (Å²) in [5, 5.41) is 8.26. The van der Waals surface area contributed by atoms with Crippen LogP contribution in [0.2, 0.25) is 0 Å². The van der Waals surface area contributed by atoms with Crippen LogP contribution in [0.15, 0.2) is 18.2 Å². The minimum atomic E-state index is 0.238. The lowest BCUT2D eigenvalue weighted by atomic mass is 10.0. The number of benzene rings is 1. The van der Waals surface area contributed by atoms with Gasteiger partial charge in [-0.15, -0.1) is 0 Å². The SMILES string of the molecule is COc1ccc(-c2nn(C(N)=S)c3c2CCCCN3)cc1OC. The number of thiocarbonyl (C=S) groups is 1. The number of hydrogen-bond acceptors (Lipinski definition) is 5. The van der Waals surface area contributed by atoms with Crippen LogP contribution in [0.1, 0.15) is 18.4 Å². The minimum absolute atomic E-state index is 0.238. The summed E-state index contributed by atoms with van der Waals surface area (Å²) in [7, 11) is 3.24. The van der Waals surface area contributed by atoms with Crippen LogP contribution in [0.25, 0.3) is 11.3 Å². The van der Waals surface area contributed by atoms with Gasteiger partial charge in [0.1, 0.15) is 5.82 Å². The van der Waals surface area contributed by atoms with E-state index in [9.17, 15) is 0 Å². The molecule has 2 aromatic rings. The predicted molar refractivity (Wildman–Crippen MR) is 94.4 cm³/mol. The largest absolute Gasteiger partial charge is 0.493 e. The molecule has 1 aromatic heterocycles. The molecule has 7 heteroatoms. The van der Waals surface area contributed by atoms with Crippen molar-refractivity contribution in [3.05, 3.63) is 23.8 Å². The molecule has 0 spiro atoms. The quantitative estimate of drug-likeness (QED) is 0.841. The highest BCUT2D eigenvalue weighted by molar-refractivity contribution is 7.80. The van der Waals surface area contributed by atoms with Crippen LogP contribution < -0.4 is 20.5 Å². The fraction of sp³-hybridized carbons (Fsp3) is 0.375. The Hall–Kier alpha value is -2.28. The Balaban J connectivity index is 2.14. The summed E-state index contributed by atoms with van der Waals surface area (Å²) in [5.41, 5.74) is 8.80. The summed E-state index contributed by atoms with van der Waals surface area (Å²) >= 11 is 5.14. The zero-order valence-electron chi connectivity index (χ0n) is 13.3. The summed E-state index contributed by atoms with van der Waals surface area (Å²) in [5.74, 6) is 2.26. The van der Waals surface area contributed by atoms with E-state index in [0.717, 1.165) is 48.4 Å². The maximum Gasteiger partial charge on any atom is 0.193 e. The summed E-state index contributed by atoms with van der Waals surface area (Å²) in [4.78, 5) is 0. The first kappa shape index (κ1) is 15.6. The van der Waals surface area contributed by atoms with Crippen molar-refractivity contribution in [1.29, 1.82) is 0 Å². The number of nitrogens with one attached hydrogen (secondary N) is 1. The van der Waals surface area contributed by atoms with Crippen LogP contribution in [0, 0.1) is 0 Å². The third kappa shape index (κ3) is 2.84. The third-order valence-electron chi connectivity index (χ3n) is 4.00. The number of nitrogens with zero attached hydrogens (tertiary/aromatic N) is 2. The van der Waals surface area contributed by atoms with Crippen molar-refractivity contribution >= 4 is 23.1 Å². The van der Waals surface area contributed by atoms with Gasteiger partial charge >= 0.3 is 0 Å². The van der Waals surface area contributed by atoms with Crippen LogP contribution in [0.3, 0.4) is 0 Å². The Kier molecular flexibility index (Phi) is 4.38. The summed E-state index contributed by atoms with van der Waals surface area (Å²) < 4.78 is 12.3. The molecule has 3 N–H and O–H groups in total. The van der Waals surface area contributed by atoms with Gasteiger partial charge in [0.05, 0.1) is 19.9 Å². The molecule has 1 aliphatic heterocycles. The molecule has 0 amide bonds. The van der Waals surface area contributed by atoms with Gasteiger partial charge in [-0.2, -0.15) is 9.78 Å². The van der Waals surface area contributed by atoms with E-state index in [2.05, 4.69) is 10.4 Å². The van der Waals surface area contributed by atoms with Crippen molar-refractivity contribution in [2.75, 3.05) is 26.1 Å². The van der Waals surface area contributed by atoms with Gasteiger partial charge in [-0.3, -0.25) is 0 Å². The van der Waals surface area contributed by atoms with Crippen molar-refractivity contribution in [2.45, 2.75) is 19.3 Å². The molecule has 0 fully saturated rings. The highest BCUT2D eigenvalue weighted by atomic mass is 32.1. The molecule has 122 valence electrons. The Bertz CT molecular complexity index is 742. The van der Waals surface area contributed by atoms with Crippen LogP contribution in [-0.2, 0) is 6.42 Å². The standard InChI is InChI=1S/C16H20N4O2S/c1-21-12-7-6-10(9-13(12)22-2)14-11-5-3-4-8-18-15(11)20(19-14)16(17)23/h6-7,9,18H,3-5,8H2,1-2H3,(H2,17,23). The van der Waals surface area contributed by atoms with Crippen molar-refractivity contribution in [3.63, 3.8) is 0 Å². The number of rotatable bonds is 3. The molecule has 0 saturated heterocycles. The summed E-state index contributed by atoms with van der Waals surface area (Å²) in [6, 6.07) is 5.78. The summed E-state index contributed by atoms with van der Waals surface area (Å²) in [6.07, 6.45) is 3.15. The van der Waals surface area contributed by atoms with Crippen molar-refractivity contribution in [2.24, 2.45) is 5.73 Å². The Morgan fingerprint density at radius 2 is 2.04 bits per heavy atom. The van der Waals surface area contributed by atoms with E-state index in [1.807, 2.05) is 18.2 Å². The van der Waals surface area contributed by atoms with Gasteiger partial charge in [0.15, 0.2) is 16.6 Å². The van der Waals surface area contributed by atoms with E-state index in [0.29, 0.717) is 11.5 Å². The van der Waals surface area contributed by atoms with E-state index in [-0.39, 0.29) is 5.11 Å². The molecule has 1 aromatic carbocycles. The van der Waals surface area contributed by atoms with Gasteiger partial charge < -0.3 is 20.5 Å². The highest BCUT2D eigenvalue weighted by Gasteiger charge is 2.22. The van der Waals surface area contributed by atoms with Crippen LogP contribution >= 0.6 is 12.2 Å². The Morgan fingerprint density at radius 3 is 2.74 bits per heavy atom. The number of anilines is 1. The average Bonchev–Trinajstić information content (AvgIpc) is 2.76. The van der Waals surface area contributed by atoms with Crippen molar-refractivity contribution in [1.82, 2.24) is 9.78 Å². The fourth-order valence-corrected chi connectivity index (χ4v) is 3.01. The lowest BCUT2D eigenvalue weighted by molar-refractivity contribution is 0.355. The van der Waals surface area contributed by atoms with E-state index in [1.54, 1.807) is 18.9 Å². The summed E-state index contributed by atoms with van der Waals surface area (Å²) in [6.45, 7) is 0.896. The first-order valence-corrected chi connectivity index (χ1v) is 7.94. The molecular weight excluding hydrogens is 312 g/mol. The second-order valence-electron chi connectivity index (χ2n) is 5.38. The molecular formula is C16H20N4O2S. The first-order valence-electron chi connectivity index (χ1n) is 7.53. The number of hydrogen-bond donors (Lipinski definition) is 2. The van der Waals surface area contributed by atoms with Crippen molar-refractivity contribution in [3.8, 4) is 22.8 Å². The Labute approximate surface area is 140 Å². The maximum absolute atomic E-state index is 5.83. The highest BCUT2D eigenvalue weighted by Crippen LogP contribution is 2.36. The monoisotopic (exact) mass is 332 g/mol. The average molecular weight is 332 g/mol. The molecule has 2 heterocycles. The molecule has 1 aliphatic rings. The predicted octanol–water partition coefficient (Wildman–Crippen LogP) is 2.41. The van der Waals surface area contributed by atoms with E-state index in [1.165, 1.54) is 0 Å². The first-order chi connectivity index (χ1) is 11.2. The number of ether oxygens (including phenoxy) is 2. The second-order valence-corrected chi connectivity index (χ2v) is 5.80. The molecule has 0 radical (unpaired) electrons. The topological polar surface area (TPSA) is 74.3 Å². The molecule has 23 heavy (non-hydrogen) atoms. The molecule has 0 bridgehead atoms.